The average molecular weight is 317 g/mol. The molecule has 124 valence electrons. The molecule has 2 heterocycles. The minimum absolute atomic E-state index is 0.0721. The maximum atomic E-state index is 12.6. The molecule has 0 atom stereocenters. The Morgan fingerprint density at radius 1 is 1.22 bits per heavy atom. The van der Waals surface area contributed by atoms with Crippen LogP contribution in [0.2, 0.25) is 0 Å². The molecule has 0 unspecified atom stereocenters. The molecule has 2 aliphatic rings. The number of ether oxygens (including phenoxy) is 1. The van der Waals surface area contributed by atoms with Gasteiger partial charge in [0.05, 0.1) is 12.2 Å². The van der Waals surface area contributed by atoms with Gasteiger partial charge in [-0.05, 0) is 31.2 Å². The van der Waals surface area contributed by atoms with Crippen LogP contribution in [-0.4, -0.2) is 67.5 Å². The normalized spacial score (nSPS) is 18.6. The Balaban J connectivity index is 1.69. The average Bonchev–Trinajstić information content (AvgIpc) is 2.55. The van der Waals surface area contributed by atoms with Crippen LogP contribution >= 0.6 is 0 Å². The van der Waals surface area contributed by atoms with Crippen molar-refractivity contribution in [3.8, 4) is 5.75 Å². The molecule has 6 nitrogen and oxygen atoms in total. The summed E-state index contributed by atoms with van der Waals surface area (Å²) in [5, 5.41) is 0. The van der Waals surface area contributed by atoms with Crippen molar-refractivity contribution in [1.29, 1.82) is 0 Å². The minimum atomic E-state index is -0.315. The van der Waals surface area contributed by atoms with Crippen molar-refractivity contribution in [2.75, 3.05) is 50.7 Å². The highest BCUT2D eigenvalue weighted by Crippen LogP contribution is 2.32. The topological polar surface area (TPSA) is 53.1 Å². The molecule has 0 aliphatic carbocycles. The second kappa shape index (κ2) is 6.58. The third-order valence-corrected chi connectivity index (χ3v) is 4.50. The lowest BCUT2D eigenvalue weighted by Gasteiger charge is -2.36. The van der Waals surface area contributed by atoms with Crippen molar-refractivity contribution < 1.29 is 14.3 Å². The Bertz CT molecular complexity index is 609. The van der Waals surface area contributed by atoms with Gasteiger partial charge in [0, 0.05) is 26.2 Å². The molecule has 1 aromatic rings. The van der Waals surface area contributed by atoms with Crippen LogP contribution in [0.5, 0.6) is 5.75 Å². The number of hydrogen-bond donors (Lipinski definition) is 0. The Morgan fingerprint density at radius 3 is 2.65 bits per heavy atom. The summed E-state index contributed by atoms with van der Waals surface area (Å²) >= 11 is 0. The summed E-state index contributed by atoms with van der Waals surface area (Å²) in [6, 6.07) is 5.66. The van der Waals surface area contributed by atoms with Crippen LogP contribution in [0.1, 0.15) is 12.5 Å². The largest absolute Gasteiger partial charge is 0.423 e. The number of anilines is 1. The van der Waals surface area contributed by atoms with Crippen LogP contribution < -0.4 is 9.64 Å². The van der Waals surface area contributed by atoms with Crippen molar-refractivity contribution in [2.45, 2.75) is 13.8 Å². The number of amides is 1. The van der Waals surface area contributed by atoms with Gasteiger partial charge in [0.2, 0.25) is 5.91 Å². The van der Waals surface area contributed by atoms with E-state index >= 15 is 0 Å². The fourth-order valence-electron chi connectivity index (χ4n) is 3.07. The van der Waals surface area contributed by atoms with Gasteiger partial charge < -0.3 is 19.4 Å². The first-order valence-corrected chi connectivity index (χ1v) is 8.13. The second-order valence-electron chi connectivity index (χ2n) is 6.12. The van der Waals surface area contributed by atoms with Crippen molar-refractivity contribution in [2.24, 2.45) is 0 Å². The van der Waals surface area contributed by atoms with E-state index in [1.807, 2.05) is 28.9 Å². The summed E-state index contributed by atoms with van der Waals surface area (Å²) in [5.74, 6) is 0.295. The third kappa shape index (κ3) is 3.47. The molecule has 1 amide bonds. The molecular formula is C17H23N3O3. The second-order valence-corrected chi connectivity index (χ2v) is 6.12. The van der Waals surface area contributed by atoms with Crippen molar-refractivity contribution >= 4 is 17.6 Å². The van der Waals surface area contributed by atoms with Crippen LogP contribution in [-0.2, 0) is 9.59 Å². The number of hydrogen-bond acceptors (Lipinski definition) is 5. The maximum absolute atomic E-state index is 12.6. The highest BCUT2D eigenvalue weighted by Gasteiger charge is 2.28. The van der Waals surface area contributed by atoms with E-state index in [1.165, 1.54) is 0 Å². The molecule has 0 N–H and O–H groups in total. The quantitative estimate of drug-likeness (QED) is 0.612. The molecule has 0 spiro atoms. The standard InChI is InChI=1S/C17H23N3O3/c1-3-18-6-8-19(9-7-18)16(21)11-20-12-17(22)23-15-5-4-13(2)10-14(15)20/h4-5,10H,3,6-9,11-12H2,1-2H3. The molecule has 23 heavy (non-hydrogen) atoms. The summed E-state index contributed by atoms with van der Waals surface area (Å²) in [6.07, 6.45) is 0. The summed E-state index contributed by atoms with van der Waals surface area (Å²) in [5.41, 5.74) is 1.90. The number of carbonyl (C=O) groups excluding carboxylic acids is 2. The zero-order valence-electron chi connectivity index (χ0n) is 13.7. The molecule has 0 aromatic heterocycles. The Hall–Kier alpha value is -2.08. The molecule has 1 saturated heterocycles. The lowest BCUT2D eigenvalue weighted by molar-refractivity contribution is -0.134. The molecule has 0 saturated carbocycles. The number of rotatable bonds is 3. The minimum Gasteiger partial charge on any atom is -0.423 e. The monoisotopic (exact) mass is 317 g/mol. The lowest BCUT2D eigenvalue weighted by Crippen LogP contribution is -2.52. The van der Waals surface area contributed by atoms with Gasteiger partial charge in [-0.15, -0.1) is 0 Å². The summed E-state index contributed by atoms with van der Waals surface area (Å²) in [6.45, 7) is 8.83. The van der Waals surface area contributed by atoms with Gasteiger partial charge in [-0.25, -0.2) is 4.79 Å². The van der Waals surface area contributed by atoms with Crippen LogP contribution in [0, 0.1) is 6.92 Å². The van der Waals surface area contributed by atoms with Crippen LogP contribution in [0.4, 0.5) is 5.69 Å². The maximum Gasteiger partial charge on any atom is 0.331 e. The zero-order chi connectivity index (χ0) is 16.4. The summed E-state index contributed by atoms with van der Waals surface area (Å²) < 4.78 is 5.26. The Morgan fingerprint density at radius 2 is 1.96 bits per heavy atom. The first kappa shape index (κ1) is 15.8. The number of aryl methyl sites for hydroxylation is 1. The predicted octanol–water partition coefficient (Wildman–Crippen LogP) is 0.885. The Kier molecular flexibility index (Phi) is 4.52. The zero-order valence-corrected chi connectivity index (χ0v) is 13.7. The van der Waals surface area contributed by atoms with Crippen molar-refractivity contribution in [3.63, 3.8) is 0 Å². The summed E-state index contributed by atoms with van der Waals surface area (Å²) in [7, 11) is 0. The van der Waals surface area contributed by atoms with Gasteiger partial charge >= 0.3 is 5.97 Å². The molecule has 1 fully saturated rings. The SMILES string of the molecule is CCN1CCN(C(=O)CN2CC(=O)Oc3ccc(C)cc32)CC1. The number of likely N-dealkylation sites (N-methyl/N-ethyl adjacent to an activating group) is 1. The summed E-state index contributed by atoms with van der Waals surface area (Å²) in [4.78, 5) is 30.4. The van der Waals surface area contributed by atoms with Gasteiger partial charge in [-0.1, -0.05) is 13.0 Å². The van der Waals surface area contributed by atoms with Crippen LogP contribution in [0.15, 0.2) is 18.2 Å². The van der Waals surface area contributed by atoms with Gasteiger partial charge in [-0.2, -0.15) is 0 Å². The van der Waals surface area contributed by atoms with Gasteiger partial charge in [0.1, 0.15) is 6.54 Å². The van der Waals surface area contributed by atoms with Crippen LogP contribution in [0.25, 0.3) is 0 Å². The van der Waals surface area contributed by atoms with E-state index in [4.69, 9.17) is 4.74 Å². The molecule has 3 rings (SSSR count). The molecular weight excluding hydrogens is 294 g/mol. The van der Waals surface area contributed by atoms with Gasteiger partial charge in [0.15, 0.2) is 5.75 Å². The fourth-order valence-corrected chi connectivity index (χ4v) is 3.07. The highest BCUT2D eigenvalue weighted by molar-refractivity contribution is 5.89. The van der Waals surface area contributed by atoms with Gasteiger partial charge in [-0.3, -0.25) is 4.79 Å². The fraction of sp³-hybridized carbons (Fsp3) is 0.529. The number of carbonyl (C=O) groups is 2. The number of esters is 1. The van der Waals surface area contributed by atoms with E-state index in [2.05, 4.69) is 11.8 Å². The smallest absolute Gasteiger partial charge is 0.331 e. The van der Waals surface area contributed by atoms with Crippen LogP contribution in [0.3, 0.4) is 0 Å². The lowest BCUT2D eigenvalue weighted by atomic mass is 10.1. The molecule has 2 aliphatic heterocycles. The predicted molar refractivity (Wildman–Crippen MR) is 87.7 cm³/mol. The first-order chi connectivity index (χ1) is 11.1. The molecule has 1 aromatic carbocycles. The molecule has 0 radical (unpaired) electrons. The third-order valence-electron chi connectivity index (χ3n) is 4.50. The first-order valence-electron chi connectivity index (χ1n) is 8.13. The Labute approximate surface area is 136 Å². The number of fused-ring (bicyclic) bond motifs is 1. The number of benzene rings is 1. The molecule has 6 heteroatoms. The van der Waals surface area contributed by atoms with E-state index in [1.54, 1.807) is 6.07 Å². The van der Waals surface area contributed by atoms with E-state index in [9.17, 15) is 9.59 Å². The van der Waals surface area contributed by atoms with E-state index < -0.39 is 0 Å². The van der Waals surface area contributed by atoms with E-state index in [-0.39, 0.29) is 25.0 Å². The van der Waals surface area contributed by atoms with E-state index in [0.29, 0.717) is 5.75 Å². The van der Waals surface area contributed by atoms with E-state index in [0.717, 1.165) is 44.0 Å². The van der Waals surface area contributed by atoms with Crippen molar-refractivity contribution in [3.05, 3.63) is 23.8 Å². The number of piperazine rings is 1. The highest BCUT2D eigenvalue weighted by atomic mass is 16.5. The number of nitrogens with zero attached hydrogens (tertiary/aromatic N) is 3. The van der Waals surface area contributed by atoms with Crippen molar-refractivity contribution in [1.82, 2.24) is 9.80 Å². The van der Waals surface area contributed by atoms with Gasteiger partial charge in [0.25, 0.3) is 0 Å². The molecule has 0 bridgehead atoms.